The van der Waals surface area contributed by atoms with Gasteiger partial charge in [0.15, 0.2) is 5.60 Å². The molecule has 0 fully saturated rings. The van der Waals surface area contributed by atoms with Crippen molar-refractivity contribution in [1.29, 1.82) is 0 Å². The fourth-order valence-corrected chi connectivity index (χ4v) is 5.98. The van der Waals surface area contributed by atoms with E-state index in [1.54, 1.807) is 17.6 Å². The molecule has 5 heterocycles. The monoisotopic (exact) mass is 488 g/mol. The molecule has 9 nitrogen and oxygen atoms in total. The molecule has 186 valence electrons. The second-order valence-corrected chi connectivity index (χ2v) is 9.87. The van der Waals surface area contributed by atoms with Crippen LogP contribution in [0.1, 0.15) is 48.1 Å². The smallest absolute Gasteiger partial charge is 0.343 e. The number of aryl methyl sites for hydroxylation is 1. The number of fused-ring (bicyclic) bond motifs is 5. The minimum Gasteiger partial charge on any atom is -0.458 e. The molecule has 0 saturated heterocycles. The van der Waals surface area contributed by atoms with Crippen molar-refractivity contribution >= 4 is 28.5 Å². The Balaban J connectivity index is 1.53. The van der Waals surface area contributed by atoms with E-state index in [4.69, 9.17) is 9.72 Å². The van der Waals surface area contributed by atoms with Gasteiger partial charge in [0.1, 0.15) is 6.61 Å². The fourth-order valence-electron chi connectivity index (χ4n) is 5.98. The Bertz CT molecular complexity index is 1540. The number of rotatable bonds is 4. The van der Waals surface area contributed by atoms with Crippen LogP contribution in [0.2, 0.25) is 0 Å². The Hall–Kier alpha value is -3.72. The lowest BCUT2D eigenvalue weighted by atomic mass is 9.86. The molecule has 2 aromatic heterocycles. The number of cyclic esters (lactones) is 1. The quantitative estimate of drug-likeness (QED) is 0.422. The summed E-state index contributed by atoms with van der Waals surface area (Å²) in [7, 11) is 0. The third-order valence-corrected chi connectivity index (χ3v) is 7.85. The number of amides is 1. The summed E-state index contributed by atoms with van der Waals surface area (Å²) in [5.41, 5.74) is 5.23. The topological polar surface area (TPSA) is 114 Å². The molecular formula is C27H28N4O5. The summed E-state index contributed by atoms with van der Waals surface area (Å²) < 4.78 is 6.87. The Morgan fingerprint density at radius 3 is 2.81 bits per heavy atom. The number of hydrogen-bond donors (Lipinski definition) is 2. The molecular weight excluding hydrogens is 460 g/mol. The van der Waals surface area contributed by atoms with Crippen LogP contribution < -0.4 is 15.8 Å². The maximum Gasteiger partial charge on any atom is 0.343 e. The highest BCUT2D eigenvalue weighted by atomic mass is 16.6. The molecule has 0 aliphatic carbocycles. The van der Waals surface area contributed by atoms with Gasteiger partial charge in [-0.3, -0.25) is 9.59 Å². The third kappa shape index (κ3) is 3.05. The lowest BCUT2D eigenvalue weighted by Gasteiger charge is -2.33. The van der Waals surface area contributed by atoms with E-state index in [1.807, 2.05) is 6.07 Å². The van der Waals surface area contributed by atoms with Crippen molar-refractivity contribution in [3.63, 3.8) is 0 Å². The Morgan fingerprint density at radius 1 is 1.25 bits per heavy atom. The molecule has 0 spiro atoms. The van der Waals surface area contributed by atoms with Gasteiger partial charge in [-0.15, -0.1) is 0 Å². The molecule has 3 aliphatic heterocycles. The van der Waals surface area contributed by atoms with Crippen molar-refractivity contribution in [1.82, 2.24) is 14.9 Å². The highest BCUT2D eigenvalue weighted by Gasteiger charge is 2.45. The van der Waals surface area contributed by atoms with Crippen LogP contribution >= 0.6 is 0 Å². The summed E-state index contributed by atoms with van der Waals surface area (Å²) in [6.07, 6.45) is 0.906. The molecule has 1 amide bonds. The minimum absolute atomic E-state index is 0.0465. The molecule has 0 radical (unpaired) electrons. The van der Waals surface area contributed by atoms with Crippen molar-refractivity contribution in [2.24, 2.45) is 0 Å². The summed E-state index contributed by atoms with van der Waals surface area (Å²) in [5.74, 6) is -0.768. The van der Waals surface area contributed by atoms with Gasteiger partial charge >= 0.3 is 5.97 Å². The summed E-state index contributed by atoms with van der Waals surface area (Å²) in [6, 6.07) is 5.82. The standard InChI is InChI=1S/C27H28N4O5/c1-4-27(35)19-11-21-23-17(12-31(21)25(33)18(19)13-36-26(27)34)16-7-9-30(10-8-28-15(3)32)24-14(2)5-6-20(29-23)22(16)24/h5-6,11,35H,4,7-10,12-13H2,1-3H3,(H,28,32)/t27-/m0/s1. The maximum absolute atomic E-state index is 13.5. The molecule has 1 atom stereocenters. The average molecular weight is 489 g/mol. The van der Waals surface area contributed by atoms with Crippen LogP contribution in [-0.4, -0.2) is 46.2 Å². The van der Waals surface area contributed by atoms with Crippen LogP contribution in [0.3, 0.4) is 0 Å². The van der Waals surface area contributed by atoms with Gasteiger partial charge in [0.2, 0.25) is 5.91 Å². The number of aromatic nitrogens is 2. The van der Waals surface area contributed by atoms with Gasteiger partial charge in [-0.2, -0.15) is 0 Å². The molecule has 0 unspecified atom stereocenters. The predicted molar refractivity (Wildman–Crippen MR) is 134 cm³/mol. The van der Waals surface area contributed by atoms with Crippen molar-refractivity contribution in [2.75, 3.05) is 24.5 Å². The SMILES string of the molecule is CC[C@@]1(O)C(=O)OCc2c1cc1n(c2=O)Cc2c-1nc1ccc(C)c3c1c2CCN3CCNC(C)=O. The average Bonchev–Trinajstić information content (AvgIpc) is 3.23. The molecule has 1 aromatic carbocycles. The molecule has 0 bridgehead atoms. The van der Waals surface area contributed by atoms with Gasteiger partial charge < -0.3 is 24.6 Å². The molecule has 2 N–H and O–H groups in total. The number of carbonyl (C=O) groups excluding carboxylic acids is 2. The van der Waals surface area contributed by atoms with Crippen LogP contribution in [0.15, 0.2) is 23.0 Å². The Morgan fingerprint density at radius 2 is 2.06 bits per heavy atom. The van der Waals surface area contributed by atoms with Crippen LogP contribution in [0, 0.1) is 6.92 Å². The number of esters is 1. The lowest BCUT2D eigenvalue weighted by molar-refractivity contribution is -0.172. The van der Waals surface area contributed by atoms with Crippen LogP contribution in [-0.2, 0) is 39.5 Å². The van der Waals surface area contributed by atoms with Crippen molar-refractivity contribution in [3.8, 4) is 11.4 Å². The molecule has 0 saturated carbocycles. The Labute approximate surface area is 207 Å². The van der Waals surface area contributed by atoms with E-state index in [0.717, 1.165) is 46.4 Å². The predicted octanol–water partition coefficient (Wildman–Crippen LogP) is 1.89. The first-order chi connectivity index (χ1) is 17.2. The second kappa shape index (κ2) is 7.89. The van der Waals surface area contributed by atoms with Gasteiger partial charge in [0, 0.05) is 48.8 Å². The number of carbonyl (C=O) groups is 2. The number of benzene rings is 1. The molecule has 6 rings (SSSR count). The van der Waals surface area contributed by atoms with E-state index in [1.165, 1.54) is 12.5 Å². The van der Waals surface area contributed by atoms with Crippen LogP contribution in [0.4, 0.5) is 5.69 Å². The van der Waals surface area contributed by atoms with E-state index in [2.05, 4.69) is 23.2 Å². The van der Waals surface area contributed by atoms with E-state index in [0.29, 0.717) is 36.5 Å². The molecule has 9 heteroatoms. The zero-order chi connectivity index (χ0) is 25.4. The van der Waals surface area contributed by atoms with Crippen molar-refractivity contribution in [2.45, 2.75) is 52.4 Å². The second-order valence-electron chi connectivity index (χ2n) is 9.87. The van der Waals surface area contributed by atoms with Gasteiger partial charge in [0.05, 0.1) is 29.0 Å². The van der Waals surface area contributed by atoms with E-state index >= 15 is 0 Å². The van der Waals surface area contributed by atoms with Crippen LogP contribution in [0.25, 0.3) is 22.3 Å². The number of pyridine rings is 2. The zero-order valence-corrected chi connectivity index (χ0v) is 20.6. The first-order valence-corrected chi connectivity index (χ1v) is 12.4. The van der Waals surface area contributed by atoms with Crippen LogP contribution in [0.5, 0.6) is 0 Å². The normalized spacial score (nSPS) is 19.6. The number of nitrogens with zero attached hydrogens (tertiary/aromatic N) is 3. The number of hydrogen-bond acceptors (Lipinski definition) is 7. The molecule has 36 heavy (non-hydrogen) atoms. The highest BCUT2D eigenvalue weighted by molar-refractivity contribution is 6.00. The van der Waals surface area contributed by atoms with Gasteiger partial charge in [-0.05, 0) is 43.0 Å². The summed E-state index contributed by atoms with van der Waals surface area (Å²) in [5, 5.41) is 15.1. The summed E-state index contributed by atoms with van der Waals surface area (Å²) in [4.78, 5) is 44.6. The van der Waals surface area contributed by atoms with Gasteiger partial charge in [0.25, 0.3) is 5.56 Å². The lowest BCUT2D eigenvalue weighted by Crippen LogP contribution is -2.44. The maximum atomic E-state index is 13.5. The van der Waals surface area contributed by atoms with Crippen molar-refractivity contribution in [3.05, 3.63) is 56.4 Å². The zero-order valence-electron chi connectivity index (χ0n) is 20.6. The third-order valence-electron chi connectivity index (χ3n) is 7.85. The summed E-state index contributed by atoms with van der Waals surface area (Å²) in [6.45, 7) is 7.62. The number of nitrogens with one attached hydrogen (secondary N) is 1. The fraction of sp³-hybridized carbons (Fsp3) is 0.407. The van der Waals surface area contributed by atoms with Gasteiger partial charge in [-0.1, -0.05) is 13.0 Å². The number of aliphatic hydroxyl groups is 1. The van der Waals surface area contributed by atoms with E-state index < -0.39 is 11.6 Å². The highest BCUT2D eigenvalue weighted by Crippen LogP contribution is 2.44. The minimum atomic E-state index is -1.84. The Kier molecular flexibility index (Phi) is 4.98. The first-order valence-electron chi connectivity index (χ1n) is 12.4. The summed E-state index contributed by atoms with van der Waals surface area (Å²) >= 11 is 0. The molecule has 3 aliphatic rings. The van der Waals surface area contributed by atoms with E-state index in [9.17, 15) is 19.5 Å². The van der Waals surface area contributed by atoms with Crippen molar-refractivity contribution < 1.29 is 19.4 Å². The van der Waals surface area contributed by atoms with Gasteiger partial charge in [-0.25, -0.2) is 9.78 Å². The number of ether oxygens (including phenoxy) is 1. The molecule has 3 aromatic rings. The first kappa shape index (κ1) is 22.7. The number of anilines is 1. The largest absolute Gasteiger partial charge is 0.458 e. The van der Waals surface area contributed by atoms with E-state index in [-0.39, 0.29) is 24.5 Å².